The average molecular weight is 619 g/mol. The van der Waals surface area contributed by atoms with Crippen LogP contribution < -0.4 is 9.80 Å². The molecule has 0 radical (unpaired) electrons. The second-order valence-electron chi connectivity index (χ2n) is 11.3. The van der Waals surface area contributed by atoms with Crippen LogP contribution in [0.15, 0.2) is 60.7 Å². The second-order valence-corrected chi connectivity index (χ2v) is 11.3. The topological polar surface area (TPSA) is 97.6 Å². The molecule has 5 rings (SSSR count). The van der Waals surface area contributed by atoms with Crippen LogP contribution >= 0.6 is 0 Å². The third-order valence-corrected chi connectivity index (χ3v) is 8.08. The van der Waals surface area contributed by atoms with Gasteiger partial charge < -0.3 is 28.7 Å². The van der Waals surface area contributed by atoms with E-state index in [1.165, 1.54) is 0 Å². The van der Waals surface area contributed by atoms with Gasteiger partial charge >= 0.3 is 0 Å². The Morgan fingerprint density at radius 3 is 1.39 bits per heavy atom. The first kappa shape index (κ1) is 32.9. The van der Waals surface area contributed by atoms with Crippen molar-refractivity contribution in [2.45, 2.75) is 26.1 Å². The van der Waals surface area contributed by atoms with Crippen molar-refractivity contribution < 1.29 is 18.9 Å². The minimum atomic E-state index is 0.282. The lowest BCUT2D eigenvalue weighted by Gasteiger charge is -2.23. The van der Waals surface area contributed by atoms with E-state index in [1.54, 1.807) is 12.1 Å². The van der Waals surface area contributed by atoms with Crippen LogP contribution in [0.4, 0.5) is 11.4 Å². The first-order valence-electron chi connectivity index (χ1n) is 16.0. The molecule has 0 spiro atoms. The molecule has 0 N–H and O–H groups in total. The molecule has 0 aliphatic carbocycles. The maximum absolute atomic E-state index is 9.92. The predicted molar refractivity (Wildman–Crippen MR) is 184 cm³/mol. The molecule has 238 valence electrons. The number of likely N-dealkylation sites (N-methyl/N-ethyl adjacent to an activating group) is 2. The Labute approximate surface area is 272 Å². The van der Waals surface area contributed by atoms with E-state index in [4.69, 9.17) is 18.9 Å². The van der Waals surface area contributed by atoms with Crippen molar-refractivity contribution in [2.75, 3.05) is 75.6 Å². The summed E-state index contributed by atoms with van der Waals surface area (Å²) in [5.41, 5.74) is 6.75. The van der Waals surface area contributed by atoms with Gasteiger partial charge in [-0.05, 0) is 72.5 Å². The molecule has 0 bridgehead atoms. The molecule has 2 fully saturated rings. The van der Waals surface area contributed by atoms with Gasteiger partial charge in [0, 0.05) is 37.6 Å². The second kappa shape index (κ2) is 16.7. The summed E-state index contributed by atoms with van der Waals surface area (Å²) < 4.78 is 21.8. The quantitative estimate of drug-likeness (QED) is 0.0937. The number of benzene rings is 3. The van der Waals surface area contributed by atoms with E-state index in [1.807, 2.05) is 24.3 Å². The van der Waals surface area contributed by atoms with Crippen LogP contribution in [-0.4, -0.2) is 78.0 Å². The first-order chi connectivity index (χ1) is 22.6. The third kappa shape index (κ3) is 9.78. The molecule has 2 heterocycles. The van der Waals surface area contributed by atoms with Gasteiger partial charge in [-0.3, -0.25) is 0 Å². The third-order valence-electron chi connectivity index (χ3n) is 8.08. The first-order valence-corrected chi connectivity index (χ1v) is 16.0. The van der Waals surface area contributed by atoms with E-state index < -0.39 is 0 Å². The molecule has 8 nitrogen and oxygen atoms in total. The number of nitriles is 2. The molecule has 0 aromatic heterocycles. The van der Waals surface area contributed by atoms with Gasteiger partial charge in [0.1, 0.15) is 12.2 Å². The summed E-state index contributed by atoms with van der Waals surface area (Å²) >= 11 is 0. The fraction of sp³-hybridized carbons (Fsp3) is 0.368. The van der Waals surface area contributed by atoms with Gasteiger partial charge in [0.05, 0.1) is 62.9 Å². The fourth-order valence-electron chi connectivity index (χ4n) is 5.11. The van der Waals surface area contributed by atoms with Gasteiger partial charge in [0.2, 0.25) is 0 Å². The molecular weight excluding hydrogens is 576 g/mol. The SMILES string of the molecule is CCN(CCOCC1CO1)c1ccc(/C=C/c2cc(C#N)c(/C=C/c3ccc(N(CC)CCOCC4CO4)cc3)cc2C#N)cc1. The lowest BCUT2D eigenvalue weighted by molar-refractivity contribution is 0.122. The van der Waals surface area contributed by atoms with E-state index in [2.05, 4.69) is 84.3 Å². The van der Waals surface area contributed by atoms with Crippen molar-refractivity contribution in [1.82, 2.24) is 0 Å². The normalized spacial score (nSPS) is 16.8. The smallest absolute Gasteiger partial charge is 0.104 e. The highest BCUT2D eigenvalue weighted by molar-refractivity contribution is 5.79. The van der Waals surface area contributed by atoms with E-state index in [9.17, 15) is 10.5 Å². The number of epoxide rings is 2. The zero-order valence-corrected chi connectivity index (χ0v) is 26.7. The zero-order valence-electron chi connectivity index (χ0n) is 26.7. The zero-order chi connectivity index (χ0) is 32.1. The Morgan fingerprint density at radius 2 is 1.07 bits per heavy atom. The van der Waals surface area contributed by atoms with Crippen molar-refractivity contribution in [3.63, 3.8) is 0 Å². The Bertz CT molecular complexity index is 1440. The van der Waals surface area contributed by atoms with Gasteiger partial charge in [0.25, 0.3) is 0 Å². The van der Waals surface area contributed by atoms with Crippen molar-refractivity contribution >= 4 is 35.7 Å². The molecule has 2 atom stereocenters. The Kier molecular flexibility index (Phi) is 12.0. The minimum Gasteiger partial charge on any atom is -0.377 e. The van der Waals surface area contributed by atoms with E-state index in [0.29, 0.717) is 48.7 Å². The molecule has 46 heavy (non-hydrogen) atoms. The molecule has 3 aromatic carbocycles. The standard InChI is InChI=1S/C38H42N4O4/c1-3-41(17-19-43-25-37-27-45-37)35-13-7-29(8-14-35)5-11-31-21-34(24-40)32(22-33(31)23-39)12-6-30-9-15-36(16-10-30)42(4-2)18-20-44-26-38-28-46-38/h5-16,21-22,37-38H,3-4,17-20,25-28H2,1-2H3/b11-5+,12-6+. The monoisotopic (exact) mass is 618 g/mol. The van der Waals surface area contributed by atoms with Crippen LogP contribution in [-0.2, 0) is 18.9 Å². The predicted octanol–water partition coefficient (Wildman–Crippen LogP) is 6.25. The minimum absolute atomic E-state index is 0.282. The van der Waals surface area contributed by atoms with Gasteiger partial charge in [-0.2, -0.15) is 10.5 Å². The van der Waals surface area contributed by atoms with E-state index >= 15 is 0 Å². The highest BCUT2D eigenvalue weighted by atomic mass is 16.6. The molecule has 2 aliphatic heterocycles. The highest BCUT2D eigenvalue weighted by Crippen LogP contribution is 2.23. The molecule has 0 amide bonds. The van der Waals surface area contributed by atoms with Crippen LogP contribution in [0.3, 0.4) is 0 Å². The Balaban J connectivity index is 1.20. The summed E-state index contributed by atoms with van der Waals surface area (Å²) in [7, 11) is 0. The van der Waals surface area contributed by atoms with Gasteiger partial charge in [-0.25, -0.2) is 0 Å². The maximum Gasteiger partial charge on any atom is 0.104 e. The van der Waals surface area contributed by atoms with E-state index in [-0.39, 0.29) is 12.2 Å². The summed E-state index contributed by atoms with van der Waals surface area (Å²) in [5, 5.41) is 19.8. The summed E-state index contributed by atoms with van der Waals surface area (Å²) in [6, 6.07) is 24.8. The number of rotatable bonds is 18. The maximum atomic E-state index is 9.92. The summed E-state index contributed by atoms with van der Waals surface area (Å²) in [6.07, 6.45) is 8.31. The number of hydrogen-bond acceptors (Lipinski definition) is 8. The van der Waals surface area contributed by atoms with Crippen LogP contribution in [0.5, 0.6) is 0 Å². The lowest BCUT2D eigenvalue weighted by atomic mass is 9.97. The van der Waals surface area contributed by atoms with Crippen LogP contribution in [0.1, 0.15) is 47.2 Å². The Morgan fingerprint density at radius 1 is 0.674 bits per heavy atom. The van der Waals surface area contributed by atoms with Crippen molar-refractivity contribution in [3.05, 3.63) is 94.0 Å². The molecular formula is C38H42N4O4. The molecule has 8 heteroatoms. The van der Waals surface area contributed by atoms with Crippen LogP contribution in [0, 0.1) is 22.7 Å². The molecule has 2 unspecified atom stereocenters. The highest BCUT2D eigenvalue weighted by Gasteiger charge is 2.23. The van der Waals surface area contributed by atoms with Crippen molar-refractivity contribution in [3.8, 4) is 12.1 Å². The molecule has 2 saturated heterocycles. The van der Waals surface area contributed by atoms with Crippen molar-refractivity contribution in [1.29, 1.82) is 10.5 Å². The number of nitrogens with zero attached hydrogens (tertiary/aromatic N) is 4. The molecule has 3 aromatic rings. The van der Waals surface area contributed by atoms with Crippen LogP contribution in [0.25, 0.3) is 24.3 Å². The summed E-state index contributed by atoms with van der Waals surface area (Å²) in [5.74, 6) is 0. The fourth-order valence-corrected chi connectivity index (χ4v) is 5.11. The molecule has 2 aliphatic rings. The number of anilines is 2. The summed E-state index contributed by atoms with van der Waals surface area (Å²) in [4.78, 5) is 4.55. The number of ether oxygens (including phenoxy) is 4. The van der Waals surface area contributed by atoms with Crippen LogP contribution in [0.2, 0.25) is 0 Å². The number of hydrogen-bond donors (Lipinski definition) is 0. The Hall–Kier alpha value is -4.44. The van der Waals surface area contributed by atoms with Gasteiger partial charge in [0.15, 0.2) is 0 Å². The largest absolute Gasteiger partial charge is 0.377 e. The van der Waals surface area contributed by atoms with Gasteiger partial charge in [-0.1, -0.05) is 48.6 Å². The summed E-state index contributed by atoms with van der Waals surface area (Å²) in [6.45, 7) is 11.9. The van der Waals surface area contributed by atoms with Crippen molar-refractivity contribution in [2.24, 2.45) is 0 Å². The average Bonchev–Trinajstić information content (AvgIpc) is 4.04. The van der Waals surface area contributed by atoms with E-state index in [0.717, 1.165) is 61.9 Å². The molecule has 0 saturated carbocycles. The van der Waals surface area contributed by atoms with Gasteiger partial charge in [-0.15, -0.1) is 0 Å². The lowest BCUT2D eigenvalue weighted by Crippen LogP contribution is -2.27.